The second-order valence-corrected chi connectivity index (χ2v) is 5.63. The molecule has 16 heavy (non-hydrogen) atoms. The van der Waals surface area contributed by atoms with Gasteiger partial charge in [0, 0.05) is 19.6 Å². The van der Waals surface area contributed by atoms with E-state index in [1.807, 2.05) is 27.7 Å². The van der Waals surface area contributed by atoms with E-state index in [0.29, 0.717) is 13.1 Å². The van der Waals surface area contributed by atoms with Crippen molar-refractivity contribution in [2.45, 2.75) is 33.3 Å². The first-order valence-corrected chi connectivity index (χ1v) is 5.91. The maximum absolute atomic E-state index is 11.0. The monoisotopic (exact) mass is 229 g/mol. The summed E-state index contributed by atoms with van der Waals surface area (Å²) in [5.41, 5.74) is -0.743. The quantitative estimate of drug-likeness (QED) is 0.756. The maximum Gasteiger partial charge on any atom is 0.308 e. The molecule has 94 valence electrons. The Morgan fingerprint density at radius 2 is 2.06 bits per heavy atom. The molecule has 1 aliphatic rings. The fraction of sp³-hybridized carbons (Fsp3) is 0.917. The van der Waals surface area contributed by atoms with Gasteiger partial charge in [-0.05, 0) is 18.8 Å². The van der Waals surface area contributed by atoms with Gasteiger partial charge in [0.25, 0.3) is 0 Å². The number of rotatable bonds is 4. The van der Waals surface area contributed by atoms with Gasteiger partial charge in [0.15, 0.2) is 0 Å². The molecule has 4 nitrogen and oxygen atoms in total. The molecule has 1 aliphatic heterocycles. The van der Waals surface area contributed by atoms with Gasteiger partial charge in [-0.2, -0.15) is 0 Å². The van der Waals surface area contributed by atoms with Crippen LogP contribution in [-0.2, 0) is 4.79 Å². The first-order chi connectivity index (χ1) is 7.24. The lowest BCUT2D eigenvalue weighted by molar-refractivity contribution is -0.142. The predicted molar refractivity (Wildman–Crippen MR) is 62.2 cm³/mol. The van der Waals surface area contributed by atoms with Crippen LogP contribution in [0.25, 0.3) is 0 Å². The molecule has 3 unspecified atom stereocenters. The van der Waals surface area contributed by atoms with E-state index in [4.69, 9.17) is 5.11 Å². The molecular weight excluding hydrogens is 206 g/mol. The summed E-state index contributed by atoms with van der Waals surface area (Å²) in [6.07, 6.45) is 0. The van der Waals surface area contributed by atoms with Crippen molar-refractivity contribution in [1.29, 1.82) is 0 Å². The van der Waals surface area contributed by atoms with Gasteiger partial charge in [0.05, 0.1) is 11.5 Å². The number of carboxylic acid groups (broad SMARTS) is 1. The van der Waals surface area contributed by atoms with E-state index >= 15 is 0 Å². The van der Waals surface area contributed by atoms with E-state index in [0.717, 1.165) is 6.54 Å². The largest absolute Gasteiger partial charge is 0.481 e. The molecule has 0 radical (unpaired) electrons. The smallest absolute Gasteiger partial charge is 0.308 e. The van der Waals surface area contributed by atoms with Crippen molar-refractivity contribution in [2.24, 2.45) is 17.8 Å². The van der Waals surface area contributed by atoms with Crippen molar-refractivity contribution in [3.8, 4) is 0 Å². The topological polar surface area (TPSA) is 60.8 Å². The van der Waals surface area contributed by atoms with Crippen molar-refractivity contribution < 1.29 is 15.0 Å². The molecule has 1 saturated heterocycles. The summed E-state index contributed by atoms with van der Waals surface area (Å²) in [6, 6.07) is 0. The Bertz CT molecular complexity index is 263. The van der Waals surface area contributed by atoms with Crippen LogP contribution in [0.3, 0.4) is 0 Å². The molecule has 0 spiro atoms. The molecule has 2 N–H and O–H groups in total. The highest BCUT2D eigenvalue weighted by molar-refractivity contribution is 5.71. The minimum atomic E-state index is -0.743. The number of nitrogens with zero attached hydrogens (tertiary/aromatic N) is 1. The summed E-state index contributed by atoms with van der Waals surface area (Å²) >= 11 is 0. The lowest BCUT2D eigenvalue weighted by Gasteiger charge is -2.32. The molecule has 0 aromatic carbocycles. The Hall–Kier alpha value is -0.610. The van der Waals surface area contributed by atoms with Crippen LogP contribution in [0.5, 0.6) is 0 Å². The number of aliphatic hydroxyl groups is 1. The van der Waals surface area contributed by atoms with Crippen LogP contribution in [-0.4, -0.2) is 46.3 Å². The Labute approximate surface area is 97.3 Å². The van der Waals surface area contributed by atoms with Gasteiger partial charge < -0.3 is 10.2 Å². The number of aliphatic carboxylic acids is 1. The standard InChI is InChI=1S/C12H23NO3/c1-8(2)12(4,16)7-13-5-9(3)10(6-13)11(14)15/h8-10,16H,5-7H2,1-4H3,(H,14,15). The lowest BCUT2D eigenvalue weighted by atomic mass is 9.92. The van der Waals surface area contributed by atoms with Crippen molar-refractivity contribution in [3.05, 3.63) is 0 Å². The van der Waals surface area contributed by atoms with Gasteiger partial charge in [-0.1, -0.05) is 20.8 Å². The number of likely N-dealkylation sites (tertiary alicyclic amines) is 1. The second-order valence-electron chi connectivity index (χ2n) is 5.63. The van der Waals surface area contributed by atoms with Crippen molar-refractivity contribution in [1.82, 2.24) is 4.90 Å². The summed E-state index contributed by atoms with van der Waals surface area (Å²) in [4.78, 5) is 13.0. The Morgan fingerprint density at radius 1 is 1.50 bits per heavy atom. The van der Waals surface area contributed by atoms with E-state index in [1.165, 1.54) is 0 Å². The summed E-state index contributed by atoms with van der Waals surface area (Å²) in [7, 11) is 0. The Kier molecular flexibility index (Phi) is 3.97. The highest BCUT2D eigenvalue weighted by Crippen LogP contribution is 2.26. The predicted octanol–water partition coefficient (Wildman–Crippen LogP) is 1.05. The maximum atomic E-state index is 11.0. The van der Waals surface area contributed by atoms with Crippen molar-refractivity contribution >= 4 is 5.97 Å². The van der Waals surface area contributed by atoms with E-state index in [2.05, 4.69) is 4.90 Å². The van der Waals surface area contributed by atoms with Crippen LogP contribution >= 0.6 is 0 Å². The SMILES string of the molecule is CC1CN(CC(C)(O)C(C)C)CC1C(=O)O. The second kappa shape index (κ2) is 4.72. The number of hydrogen-bond acceptors (Lipinski definition) is 3. The molecular formula is C12H23NO3. The third-order valence-electron chi connectivity index (χ3n) is 3.79. The first-order valence-electron chi connectivity index (χ1n) is 5.91. The van der Waals surface area contributed by atoms with E-state index < -0.39 is 11.6 Å². The zero-order chi connectivity index (χ0) is 12.5. The Morgan fingerprint density at radius 3 is 2.44 bits per heavy atom. The first kappa shape index (κ1) is 13.5. The summed E-state index contributed by atoms with van der Waals surface area (Å²) in [5, 5.41) is 19.2. The average molecular weight is 229 g/mol. The molecule has 0 aromatic heterocycles. The minimum absolute atomic E-state index is 0.167. The van der Waals surface area contributed by atoms with E-state index in [1.54, 1.807) is 0 Å². The lowest BCUT2D eigenvalue weighted by Crippen LogP contribution is -2.44. The van der Waals surface area contributed by atoms with Gasteiger partial charge >= 0.3 is 5.97 Å². The third-order valence-corrected chi connectivity index (χ3v) is 3.79. The van der Waals surface area contributed by atoms with Crippen LogP contribution < -0.4 is 0 Å². The number of carboxylic acids is 1. The summed E-state index contributed by atoms with van der Waals surface area (Å²) in [6.45, 7) is 9.61. The molecule has 0 amide bonds. The molecule has 1 rings (SSSR count). The third kappa shape index (κ3) is 2.95. The molecule has 3 atom stereocenters. The average Bonchev–Trinajstić information content (AvgIpc) is 2.45. The number of carbonyl (C=O) groups is 1. The summed E-state index contributed by atoms with van der Waals surface area (Å²) in [5.74, 6) is -0.672. The highest BCUT2D eigenvalue weighted by atomic mass is 16.4. The number of β-amino-alcohol motifs (C(OH)–C–C–N with tert-alkyl or cyclic N) is 1. The fourth-order valence-electron chi connectivity index (χ4n) is 2.15. The zero-order valence-corrected chi connectivity index (χ0v) is 10.6. The van der Waals surface area contributed by atoms with E-state index in [-0.39, 0.29) is 17.8 Å². The molecule has 0 aromatic rings. The van der Waals surface area contributed by atoms with Crippen molar-refractivity contribution in [3.63, 3.8) is 0 Å². The number of hydrogen-bond donors (Lipinski definition) is 2. The van der Waals surface area contributed by atoms with Gasteiger partial charge in [0.1, 0.15) is 0 Å². The van der Waals surface area contributed by atoms with Crippen LogP contribution in [0.4, 0.5) is 0 Å². The van der Waals surface area contributed by atoms with Gasteiger partial charge in [-0.15, -0.1) is 0 Å². The zero-order valence-electron chi connectivity index (χ0n) is 10.6. The molecule has 1 fully saturated rings. The molecule has 0 bridgehead atoms. The van der Waals surface area contributed by atoms with Gasteiger partial charge in [-0.3, -0.25) is 9.69 Å². The fourth-order valence-corrected chi connectivity index (χ4v) is 2.15. The van der Waals surface area contributed by atoms with Crippen LogP contribution in [0.1, 0.15) is 27.7 Å². The highest BCUT2D eigenvalue weighted by Gasteiger charge is 2.38. The minimum Gasteiger partial charge on any atom is -0.481 e. The van der Waals surface area contributed by atoms with Crippen LogP contribution in [0.2, 0.25) is 0 Å². The van der Waals surface area contributed by atoms with Gasteiger partial charge in [-0.25, -0.2) is 0 Å². The van der Waals surface area contributed by atoms with Crippen molar-refractivity contribution in [2.75, 3.05) is 19.6 Å². The molecule has 0 saturated carbocycles. The van der Waals surface area contributed by atoms with E-state index in [9.17, 15) is 9.90 Å². The van der Waals surface area contributed by atoms with Gasteiger partial charge in [0.2, 0.25) is 0 Å². The molecule has 0 aliphatic carbocycles. The summed E-state index contributed by atoms with van der Waals surface area (Å²) < 4.78 is 0. The Balaban J connectivity index is 2.57. The normalized spacial score (nSPS) is 30.6. The molecule has 1 heterocycles. The van der Waals surface area contributed by atoms with Crippen LogP contribution in [0.15, 0.2) is 0 Å². The van der Waals surface area contributed by atoms with Crippen LogP contribution in [0, 0.1) is 17.8 Å². The molecule has 4 heteroatoms.